The van der Waals surface area contributed by atoms with Gasteiger partial charge in [-0.2, -0.15) is 0 Å². The van der Waals surface area contributed by atoms with Gasteiger partial charge in [-0.1, -0.05) is 13.8 Å². The molecule has 4 heteroatoms. The van der Waals surface area contributed by atoms with Crippen molar-refractivity contribution in [1.29, 1.82) is 0 Å². The summed E-state index contributed by atoms with van der Waals surface area (Å²) in [4.78, 5) is 0. The molecule has 1 heterocycles. The van der Waals surface area contributed by atoms with Crippen LogP contribution in [0.25, 0.3) is 0 Å². The lowest BCUT2D eigenvalue weighted by atomic mass is 10.1. The zero-order chi connectivity index (χ0) is 10.6. The summed E-state index contributed by atoms with van der Waals surface area (Å²) in [6.45, 7) is 7.23. The number of hydrogen-bond donors (Lipinski definition) is 1. The standard InChI is InChI=1S/C10H20N4/c1-4-6-14-8(3)12-13-10(14)7-9(11)5-2/h9H,4-7,11H2,1-3H3. The van der Waals surface area contributed by atoms with Crippen LogP contribution in [0, 0.1) is 6.92 Å². The van der Waals surface area contributed by atoms with Crippen LogP contribution < -0.4 is 5.73 Å². The quantitative estimate of drug-likeness (QED) is 0.771. The summed E-state index contributed by atoms with van der Waals surface area (Å²) in [6, 6.07) is 0.203. The number of rotatable bonds is 5. The van der Waals surface area contributed by atoms with Gasteiger partial charge in [0.1, 0.15) is 11.6 Å². The SMILES string of the molecule is CCCn1c(C)nnc1CC(N)CC. The Bertz CT molecular complexity index is 280. The van der Waals surface area contributed by atoms with E-state index in [4.69, 9.17) is 5.73 Å². The Morgan fingerprint density at radius 1 is 1.36 bits per heavy atom. The van der Waals surface area contributed by atoms with Gasteiger partial charge in [0.15, 0.2) is 0 Å². The van der Waals surface area contributed by atoms with E-state index in [0.717, 1.165) is 37.5 Å². The van der Waals surface area contributed by atoms with Crippen LogP contribution in [0.15, 0.2) is 0 Å². The fraction of sp³-hybridized carbons (Fsp3) is 0.800. The van der Waals surface area contributed by atoms with Crippen molar-refractivity contribution in [3.05, 3.63) is 11.6 Å². The maximum atomic E-state index is 5.90. The smallest absolute Gasteiger partial charge is 0.134 e. The Labute approximate surface area is 85.5 Å². The topological polar surface area (TPSA) is 56.7 Å². The highest BCUT2D eigenvalue weighted by Gasteiger charge is 2.10. The zero-order valence-corrected chi connectivity index (χ0v) is 9.32. The van der Waals surface area contributed by atoms with Crippen LogP contribution in [0.5, 0.6) is 0 Å². The van der Waals surface area contributed by atoms with E-state index in [1.54, 1.807) is 0 Å². The molecule has 4 nitrogen and oxygen atoms in total. The third-order valence-electron chi connectivity index (χ3n) is 2.43. The van der Waals surface area contributed by atoms with Gasteiger partial charge in [0, 0.05) is 19.0 Å². The van der Waals surface area contributed by atoms with Gasteiger partial charge in [-0.05, 0) is 19.8 Å². The van der Waals surface area contributed by atoms with Crippen LogP contribution in [0.1, 0.15) is 38.3 Å². The number of nitrogens with two attached hydrogens (primary N) is 1. The molecular weight excluding hydrogens is 176 g/mol. The second-order valence-corrected chi connectivity index (χ2v) is 3.69. The van der Waals surface area contributed by atoms with Crippen LogP contribution in [0.4, 0.5) is 0 Å². The zero-order valence-electron chi connectivity index (χ0n) is 9.32. The first-order valence-electron chi connectivity index (χ1n) is 5.33. The molecule has 1 aromatic heterocycles. The third-order valence-corrected chi connectivity index (χ3v) is 2.43. The lowest BCUT2D eigenvalue weighted by Crippen LogP contribution is -2.23. The van der Waals surface area contributed by atoms with Crippen molar-refractivity contribution in [2.75, 3.05) is 0 Å². The summed E-state index contributed by atoms with van der Waals surface area (Å²) in [5.41, 5.74) is 5.90. The normalized spacial score (nSPS) is 13.1. The first-order chi connectivity index (χ1) is 6.69. The van der Waals surface area contributed by atoms with Crippen LogP contribution in [0.3, 0.4) is 0 Å². The van der Waals surface area contributed by atoms with E-state index in [0.29, 0.717) is 0 Å². The molecule has 1 rings (SSSR count). The molecule has 0 aliphatic carbocycles. The van der Waals surface area contributed by atoms with Gasteiger partial charge in [0.2, 0.25) is 0 Å². The van der Waals surface area contributed by atoms with Crippen molar-refractivity contribution in [3.8, 4) is 0 Å². The van der Waals surface area contributed by atoms with E-state index in [1.807, 2.05) is 6.92 Å². The molecular formula is C10H20N4. The Morgan fingerprint density at radius 2 is 2.07 bits per heavy atom. The molecule has 0 saturated heterocycles. The van der Waals surface area contributed by atoms with Gasteiger partial charge in [-0.25, -0.2) is 0 Å². The van der Waals surface area contributed by atoms with Crippen LogP contribution in [0.2, 0.25) is 0 Å². The highest BCUT2D eigenvalue weighted by molar-refractivity contribution is 4.96. The third kappa shape index (κ3) is 2.54. The average molecular weight is 196 g/mol. The minimum Gasteiger partial charge on any atom is -0.327 e. The molecule has 1 unspecified atom stereocenters. The maximum Gasteiger partial charge on any atom is 0.134 e. The van der Waals surface area contributed by atoms with Gasteiger partial charge in [-0.15, -0.1) is 10.2 Å². The van der Waals surface area contributed by atoms with E-state index in [9.17, 15) is 0 Å². The summed E-state index contributed by atoms with van der Waals surface area (Å²) < 4.78 is 2.16. The summed E-state index contributed by atoms with van der Waals surface area (Å²) >= 11 is 0. The number of nitrogens with zero attached hydrogens (tertiary/aromatic N) is 3. The molecule has 1 aromatic rings. The fourth-order valence-corrected chi connectivity index (χ4v) is 1.47. The van der Waals surface area contributed by atoms with Gasteiger partial charge in [-0.3, -0.25) is 0 Å². The summed E-state index contributed by atoms with van der Waals surface area (Å²) in [5, 5.41) is 8.24. The Balaban J connectivity index is 2.75. The summed E-state index contributed by atoms with van der Waals surface area (Å²) in [5.74, 6) is 2.02. The molecule has 0 spiro atoms. The molecule has 0 radical (unpaired) electrons. The summed E-state index contributed by atoms with van der Waals surface area (Å²) in [7, 11) is 0. The minimum atomic E-state index is 0.203. The highest BCUT2D eigenvalue weighted by Crippen LogP contribution is 2.06. The second-order valence-electron chi connectivity index (χ2n) is 3.69. The fourth-order valence-electron chi connectivity index (χ4n) is 1.47. The van der Waals surface area contributed by atoms with Gasteiger partial charge >= 0.3 is 0 Å². The van der Waals surface area contributed by atoms with Crippen molar-refractivity contribution < 1.29 is 0 Å². The number of aromatic nitrogens is 3. The molecule has 1 atom stereocenters. The maximum absolute atomic E-state index is 5.90. The average Bonchev–Trinajstić information content (AvgIpc) is 2.50. The molecule has 0 bridgehead atoms. The lowest BCUT2D eigenvalue weighted by molar-refractivity contribution is 0.568. The molecule has 0 amide bonds. The molecule has 14 heavy (non-hydrogen) atoms. The highest BCUT2D eigenvalue weighted by atomic mass is 15.3. The largest absolute Gasteiger partial charge is 0.327 e. The van der Waals surface area contributed by atoms with Crippen molar-refractivity contribution >= 4 is 0 Å². The van der Waals surface area contributed by atoms with Crippen molar-refractivity contribution in [2.45, 2.75) is 52.6 Å². The predicted molar refractivity (Wildman–Crippen MR) is 57.0 cm³/mol. The van der Waals surface area contributed by atoms with Crippen molar-refractivity contribution in [1.82, 2.24) is 14.8 Å². The van der Waals surface area contributed by atoms with E-state index in [-0.39, 0.29) is 6.04 Å². The first-order valence-corrected chi connectivity index (χ1v) is 5.33. The molecule has 80 valence electrons. The van der Waals surface area contributed by atoms with Crippen molar-refractivity contribution in [3.63, 3.8) is 0 Å². The van der Waals surface area contributed by atoms with Gasteiger partial charge < -0.3 is 10.3 Å². The van der Waals surface area contributed by atoms with Crippen molar-refractivity contribution in [2.24, 2.45) is 5.73 Å². The Hall–Kier alpha value is -0.900. The predicted octanol–water partition coefficient (Wildman–Crippen LogP) is 1.28. The van der Waals surface area contributed by atoms with E-state index in [1.165, 1.54) is 0 Å². The Kier molecular flexibility index (Phi) is 4.07. The van der Waals surface area contributed by atoms with Crippen LogP contribution in [-0.4, -0.2) is 20.8 Å². The molecule has 0 saturated carbocycles. The number of hydrogen-bond acceptors (Lipinski definition) is 3. The lowest BCUT2D eigenvalue weighted by Gasteiger charge is -2.10. The number of aryl methyl sites for hydroxylation is 1. The van der Waals surface area contributed by atoms with Crippen LogP contribution >= 0.6 is 0 Å². The van der Waals surface area contributed by atoms with Gasteiger partial charge in [0.25, 0.3) is 0 Å². The molecule has 2 N–H and O–H groups in total. The molecule has 0 aliphatic heterocycles. The van der Waals surface area contributed by atoms with E-state index in [2.05, 4.69) is 28.6 Å². The second kappa shape index (κ2) is 5.10. The van der Waals surface area contributed by atoms with E-state index >= 15 is 0 Å². The molecule has 0 aromatic carbocycles. The monoisotopic (exact) mass is 196 g/mol. The first kappa shape index (κ1) is 11.2. The van der Waals surface area contributed by atoms with E-state index < -0.39 is 0 Å². The Morgan fingerprint density at radius 3 is 2.64 bits per heavy atom. The van der Waals surface area contributed by atoms with Gasteiger partial charge in [0.05, 0.1) is 0 Å². The van der Waals surface area contributed by atoms with Crippen LogP contribution in [-0.2, 0) is 13.0 Å². The minimum absolute atomic E-state index is 0.203. The summed E-state index contributed by atoms with van der Waals surface area (Å²) in [6.07, 6.45) is 2.92. The molecule has 0 aliphatic rings. The molecule has 0 fully saturated rings.